The molecule has 3 heterocycles. The van der Waals surface area contributed by atoms with Gasteiger partial charge in [0.2, 0.25) is 11.8 Å². The number of aliphatic carboxylic acids is 1. The fourth-order valence-corrected chi connectivity index (χ4v) is 7.79. The number of hydrogen-bond acceptors (Lipinski definition) is 10. The van der Waals surface area contributed by atoms with Crippen molar-refractivity contribution in [2.45, 2.75) is 113 Å². The van der Waals surface area contributed by atoms with Gasteiger partial charge in [0, 0.05) is 32.1 Å². The van der Waals surface area contributed by atoms with E-state index in [0.717, 1.165) is 24.0 Å². The van der Waals surface area contributed by atoms with Crippen molar-refractivity contribution in [2.24, 2.45) is 5.92 Å². The molecule has 14 nitrogen and oxygen atoms in total. The van der Waals surface area contributed by atoms with Crippen LogP contribution in [0.5, 0.6) is 5.75 Å². The zero-order valence-electron chi connectivity index (χ0n) is 29.8. The van der Waals surface area contributed by atoms with Crippen molar-refractivity contribution in [2.75, 3.05) is 19.8 Å². The summed E-state index contributed by atoms with van der Waals surface area (Å²) in [6.45, 7) is 1.66. The van der Waals surface area contributed by atoms with Gasteiger partial charge in [-0.1, -0.05) is 42.3 Å². The number of phenolic OH excluding ortho intramolecular Hbond substituents is 1. The molecular formula is C38H50ClN3O11. The van der Waals surface area contributed by atoms with Crippen molar-refractivity contribution in [3.05, 3.63) is 63.7 Å². The van der Waals surface area contributed by atoms with E-state index in [1.54, 1.807) is 0 Å². The maximum absolute atomic E-state index is 13.4. The minimum Gasteiger partial charge on any atom is -0.506 e. The van der Waals surface area contributed by atoms with Gasteiger partial charge in [-0.2, -0.15) is 0 Å². The Morgan fingerprint density at radius 3 is 2.49 bits per heavy atom. The number of carbonyl (C=O) groups is 4. The Kier molecular flexibility index (Phi) is 13.7. The van der Waals surface area contributed by atoms with Gasteiger partial charge in [0.25, 0.3) is 5.91 Å². The average molecular weight is 760 g/mol. The number of carboxylic acids is 1. The summed E-state index contributed by atoms with van der Waals surface area (Å²) in [6, 6.07) is 8.83. The highest BCUT2D eigenvalue weighted by Gasteiger charge is 2.54. The molecule has 2 saturated heterocycles. The molecule has 0 aromatic heterocycles. The second-order valence-electron chi connectivity index (χ2n) is 14.4. The molecule has 290 valence electrons. The molecule has 8 N–H and O–H groups in total. The fourth-order valence-electron chi connectivity index (χ4n) is 7.55. The van der Waals surface area contributed by atoms with Gasteiger partial charge in [-0.15, -0.1) is 0 Å². The summed E-state index contributed by atoms with van der Waals surface area (Å²) < 4.78 is 11.6. The SMILES string of the molecule is CC(=O)N[C@H]1[C@H]2O[C@](C(=O)O)(CCCc3cccc(c3)C(NC(=O)C3CCCOC3)CCCCc3cc(cc(Cl)c3O)C(=O)NC[C@@H](O)[C@H]2O)C[C@@H]1O. The summed E-state index contributed by atoms with van der Waals surface area (Å²) >= 11 is 6.31. The van der Waals surface area contributed by atoms with Gasteiger partial charge in [0.15, 0.2) is 5.60 Å². The average Bonchev–Trinajstić information content (AvgIpc) is 3.13. The van der Waals surface area contributed by atoms with Gasteiger partial charge in [-0.25, -0.2) is 4.79 Å². The van der Waals surface area contributed by atoms with Crippen molar-refractivity contribution in [3.63, 3.8) is 0 Å². The molecule has 2 aromatic carbocycles. The first-order valence-electron chi connectivity index (χ1n) is 18.3. The van der Waals surface area contributed by atoms with Crippen LogP contribution in [0.1, 0.15) is 91.4 Å². The van der Waals surface area contributed by atoms with Crippen LogP contribution in [0.3, 0.4) is 0 Å². The molecule has 3 amide bonds. The van der Waals surface area contributed by atoms with Gasteiger partial charge < -0.3 is 51.0 Å². The van der Waals surface area contributed by atoms with Gasteiger partial charge in [-0.3, -0.25) is 14.4 Å². The molecule has 3 aliphatic rings. The zero-order valence-corrected chi connectivity index (χ0v) is 30.5. The molecule has 0 spiro atoms. The Morgan fingerprint density at radius 2 is 1.77 bits per heavy atom. The first kappa shape index (κ1) is 40.4. The molecule has 5 rings (SSSR count). The van der Waals surface area contributed by atoms with E-state index in [2.05, 4.69) is 16.0 Å². The Labute approximate surface area is 313 Å². The van der Waals surface area contributed by atoms with Crippen molar-refractivity contribution >= 4 is 35.3 Å². The number of β-amino-alcohol motifs (C(OH)–C–C–N with tert-alkyl or cyclic N) is 1. The summed E-state index contributed by atoms with van der Waals surface area (Å²) in [6.07, 6.45) is -2.60. The number of hydrogen-bond donors (Lipinski definition) is 8. The smallest absolute Gasteiger partial charge is 0.336 e. The lowest BCUT2D eigenvalue weighted by molar-refractivity contribution is -0.229. The summed E-state index contributed by atoms with van der Waals surface area (Å²) in [5.41, 5.74) is 0.299. The minimum atomic E-state index is -1.98. The van der Waals surface area contributed by atoms with E-state index < -0.39 is 66.8 Å². The van der Waals surface area contributed by atoms with Crippen LogP contribution < -0.4 is 16.0 Å². The number of benzene rings is 2. The molecule has 6 bridgehead atoms. The second kappa shape index (κ2) is 18.0. The number of aliphatic hydroxyl groups excluding tert-OH is 3. The quantitative estimate of drug-likeness (QED) is 0.226. The molecule has 8 atom stereocenters. The van der Waals surface area contributed by atoms with E-state index in [1.807, 2.05) is 24.3 Å². The number of rotatable bonds is 4. The maximum Gasteiger partial charge on any atom is 0.336 e. The van der Waals surface area contributed by atoms with Crippen LogP contribution in [-0.4, -0.2) is 105 Å². The lowest BCUT2D eigenvalue weighted by Crippen LogP contribution is -2.67. The van der Waals surface area contributed by atoms with Crippen LogP contribution in [0, 0.1) is 5.92 Å². The first-order valence-corrected chi connectivity index (χ1v) is 18.6. The maximum atomic E-state index is 13.4. The molecule has 0 aliphatic carbocycles. The van der Waals surface area contributed by atoms with E-state index in [-0.39, 0.29) is 40.6 Å². The van der Waals surface area contributed by atoms with Crippen molar-refractivity contribution in [1.29, 1.82) is 0 Å². The van der Waals surface area contributed by atoms with E-state index in [0.29, 0.717) is 57.3 Å². The fraction of sp³-hybridized carbons (Fsp3) is 0.579. The predicted octanol–water partition coefficient (Wildman–Crippen LogP) is 2.31. The lowest BCUT2D eigenvalue weighted by atomic mass is 9.80. The Hall–Kier alpha value is -3.79. The Balaban J connectivity index is 1.47. The number of halogens is 1. The van der Waals surface area contributed by atoms with Crippen LogP contribution >= 0.6 is 11.6 Å². The lowest BCUT2D eigenvalue weighted by Gasteiger charge is -2.47. The number of aromatic hydroxyl groups is 1. The Bertz CT molecular complexity index is 1640. The third kappa shape index (κ3) is 10.0. The largest absolute Gasteiger partial charge is 0.506 e. The van der Waals surface area contributed by atoms with Gasteiger partial charge >= 0.3 is 5.97 Å². The summed E-state index contributed by atoms with van der Waals surface area (Å²) in [5, 5.41) is 62.9. The number of carbonyl (C=O) groups excluding carboxylic acids is 3. The number of nitrogens with one attached hydrogen (secondary N) is 3. The molecule has 2 fully saturated rings. The Morgan fingerprint density at radius 1 is 0.981 bits per heavy atom. The number of phenols is 1. The number of ether oxygens (including phenoxy) is 2. The molecule has 3 aliphatic heterocycles. The molecule has 0 saturated carbocycles. The van der Waals surface area contributed by atoms with Crippen LogP contribution in [0.25, 0.3) is 0 Å². The first-order chi connectivity index (χ1) is 25.3. The minimum absolute atomic E-state index is 0.0490. The third-order valence-corrected chi connectivity index (χ3v) is 10.8. The number of amides is 3. The number of aryl methyl sites for hydroxylation is 2. The highest BCUT2D eigenvalue weighted by molar-refractivity contribution is 6.32. The summed E-state index contributed by atoms with van der Waals surface area (Å²) in [5.74, 6) is -3.15. The molecule has 2 aromatic rings. The molecular weight excluding hydrogens is 710 g/mol. The van der Waals surface area contributed by atoms with Crippen molar-refractivity contribution < 1.29 is 54.2 Å². The van der Waals surface area contributed by atoms with Gasteiger partial charge in [0.1, 0.15) is 18.0 Å². The van der Waals surface area contributed by atoms with Crippen LogP contribution in [0.2, 0.25) is 5.02 Å². The van der Waals surface area contributed by atoms with Gasteiger partial charge in [0.05, 0.1) is 41.8 Å². The van der Waals surface area contributed by atoms with E-state index >= 15 is 0 Å². The van der Waals surface area contributed by atoms with Crippen molar-refractivity contribution in [1.82, 2.24) is 16.0 Å². The standard InChI is InChI=1S/C38H50ClN3O11/c1-21(43)41-31-29(44)18-38(37(50)51)13-5-8-22-7-4-10-23(15-22)28(42-36(49)25-11-6-14-52-20-25)12-3-2-9-24-16-26(17-27(39)32(24)46)35(48)40-19-30(45)33(47)34(31)53-38/h4,7,10,15-17,25,28-31,33-34,44-47H,2-3,5-6,8-9,11-14,18-20H2,1H3,(H,40,48)(H,41,43)(H,42,49)(H,50,51)/t25?,28?,29-,30+,31+,33+,34+,38+/m0/s1. The summed E-state index contributed by atoms with van der Waals surface area (Å²) in [7, 11) is 0. The van der Waals surface area contributed by atoms with E-state index in [1.165, 1.54) is 19.1 Å². The second-order valence-corrected chi connectivity index (χ2v) is 14.8. The molecule has 15 heteroatoms. The van der Waals surface area contributed by atoms with E-state index in [9.17, 15) is 44.7 Å². The van der Waals surface area contributed by atoms with Gasteiger partial charge in [-0.05, 0) is 80.2 Å². The molecule has 0 radical (unpaired) electrons. The van der Waals surface area contributed by atoms with Crippen LogP contribution in [0.15, 0.2) is 36.4 Å². The highest BCUT2D eigenvalue weighted by atomic mass is 35.5. The summed E-state index contributed by atoms with van der Waals surface area (Å²) in [4.78, 5) is 51.5. The number of fused-ring (bicyclic) bond motifs is 6. The van der Waals surface area contributed by atoms with Crippen LogP contribution in [-0.2, 0) is 36.7 Å². The zero-order chi connectivity index (χ0) is 38.3. The topological polar surface area (TPSA) is 224 Å². The highest BCUT2D eigenvalue weighted by Crippen LogP contribution is 2.37. The van der Waals surface area contributed by atoms with E-state index in [4.69, 9.17) is 21.1 Å². The monoisotopic (exact) mass is 759 g/mol. The predicted molar refractivity (Wildman–Crippen MR) is 192 cm³/mol. The normalized spacial score (nSPS) is 30.4. The van der Waals surface area contributed by atoms with Crippen molar-refractivity contribution in [3.8, 4) is 5.75 Å². The number of aliphatic hydroxyl groups is 3. The molecule has 2 unspecified atom stereocenters. The number of carboxylic acid groups (broad SMARTS) is 1. The van der Waals surface area contributed by atoms with Crippen LogP contribution in [0.4, 0.5) is 0 Å². The molecule has 53 heavy (non-hydrogen) atoms. The third-order valence-electron chi connectivity index (χ3n) is 10.5.